The zero-order valence-electron chi connectivity index (χ0n) is 11.6. The van der Waals surface area contributed by atoms with Crippen LogP contribution in [0.1, 0.15) is 26.7 Å². The first-order chi connectivity index (χ1) is 9.02. The van der Waals surface area contributed by atoms with Crippen LogP contribution in [0, 0.1) is 5.41 Å². The highest BCUT2D eigenvalue weighted by molar-refractivity contribution is 9.10. The highest BCUT2D eigenvalue weighted by Gasteiger charge is 2.33. The molecule has 1 amide bonds. The van der Waals surface area contributed by atoms with Gasteiger partial charge in [-0.15, -0.1) is 0 Å². The number of nitrogens with two attached hydrogens (primary N) is 1. The smallest absolute Gasteiger partial charge is 0.231 e. The van der Waals surface area contributed by atoms with E-state index >= 15 is 0 Å². The molecule has 0 saturated heterocycles. The van der Waals surface area contributed by atoms with Crippen molar-refractivity contribution in [2.24, 2.45) is 11.1 Å². The molecule has 0 heterocycles. The molecule has 5 heteroatoms. The summed E-state index contributed by atoms with van der Waals surface area (Å²) >= 11 is 3.42. The number of nitrogens with one attached hydrogen (secondary N) is 1. The third-order valence-electron chi connectivity index (χ3n) is 3.65. The highest BCUT2D eigenvalue weighted by Crippen LogP contribution is 2.31. The predicted molar refractivity (Wildman–Crippen MR) is 81.4 cm³/mol. The summed E-state index contributed by atoms with van der Waals surface area (Å²) in [5, 5.41) is 2.93. The van der Waals surface area contributed by atoms with Crippen molar-refractivity contribution in [1.29, 1.82) is 0 Å². The van der Waals surface area contributed by atoms with Gasteiger partial charge >= 0.3 is 0 Å². The van der Waals surface area contributed by atoms with Gasteiger partial charge in [0.05, 0.1) is 18.2 Å². The van der Waals surface area contributed by atoms with Gasteiger partial charge in [0.2, 0.25) is 5.91 Å². The fourth-order valence-electron chi connectivity index (χ4n) is 1.93. The summed E-state index contributed by atoms with van der Waals surface area (Å²) < 4.78 is 5.98. The summed E-state index contributed by atoms with van der Waals surface area (Å²) in [5.74, 6) is 0.652. The van der Waals surface area contributed by atoms with Gasteiger partial charge in [-0.3, -0.25) is 4.79 Å². The molecular weight excluding hydrogens is 308 g/mol. The molecule has 4 nitrogen and oxygen atoms in total. The van der Waals surface area contributed by atoms with Crippen molar-refractivity contribution in [2.45, 2.75) is 26.7 Å². The van der Waals surface area contributed by atoms with Crippen LogP contribution in [-0.2, 0) is 4.79 Å². The van der Waals surface area contributed by atoms with Crippen LogP contribution in [0.3, 0.4) is 0 Å². The number of carbonyl (C=O) groups excluding carboxylic acids is 1. The molecule has 3 N–H and O–H groups in total. The Morgan fingerprint density at radius 2 is 2.05 bits per heavy atom. The monoisotopic (exact) mass is 328 g/mol. The average molecular weight is 329 g/mol. The van der Waals surface area contributed by atoms with Gasteiger partial charge in [-0.25, -0.2) is 0 Å². The minimum Gasteiger partial charge on any atom is -0.497 e. The van der Waals surface area contributed by atoms with E-state index in [2.05, 4.69) is 21.2 Å². The predicted octanol–water partition coefficient (Wildman–Crippen LogP) is 3.16. The first-order valence-corrected chi connectivity index (χ1v) is 7.17. The Hall–Kier alpha value is -1.07. The molecule has 19 heavy (non-hydrogen) atoms. The molecule has 0 bridgehead atoms. The van der Waals surface area contributed by atoms with Gasteiger partial charge in [0, 0.05) is 17.1 Å². The summed E-state index contributed by atoms with van der Waals surface area (Å²) in [6.07, 6.45) is 1.43. The fourth-order valence-corrected chi connectivity index (χ4v) is 2.28. The van der Waals surface area contributed by atoms with E-state index < -0.39 is 5.41 Å². The molecule has 0 spiro atoms. The van der Waals surface area contributed by atoms with Crippen molar-refractivity contribution in [2.75, 3.05) is 19.0 Å². The Labute approximate surface area is 122 Å². The normalized spacial score (nSPS) is 11.2. The zero-order valence-corrected chi connectivity index (χ0v) is 13.2. The molecule has 106 valence electrons. The number of hydrogen-bond acceptors (Lipinski definition) is 3. The minimum absolute atomic E-state index is 0.0473. The maximum Gasteiger partial charge on any atom is 0.231 e. The molecule has 0 atom stereocenters. The molecule has 1 aromatic rings. The minimum atomic E-state index is -0.511. The van der Waals surface area contributed by atoms with Crippen molar-refractivity contribution in [3.63, 3.8) is 0 Å². The molecule has 0 aliphatic heterocycles. The fraction of sp³-hybridized carbons (Fsp3) is 0.500. The summed E-state index contributed by atoms with van der Waals surface area (Å²) in [6, 6.07) is 5.46. The van der Waals surface area contributed by atoms with Crippen molar-refractivity contribution in [3.05, 3.63) is 22.7 Å². The molecule has 0 radical (unpaired) electrons. The zero-order chi connectivity index (χ0) is 14.5. The molecular formula is C14H21BrN2O2. The van der Waals surface area contributed by atoms with Gasteiger partial charge in [0.1, 0.15) is 5.75 Å². The number of methoxy groups -OCH3 is 1. The number of amides is 1. The number of halogens is 1. The van der Waals surface area contributed by atoms with E-state index in [4.69, 9.17) is 10.5 Å². The van der Waals surface area contributed by atoms with E-state index in [0.717, 1.165) is 4.47 Å². The van der Waals surface area contributed by atoms with E-state index in [1.165, 1.54) is 0 Å². The number of rotatable bonds is 6. The number of hydrogen-bond donors (Lipinski definition) is 2. The standard InChI is InChI=1S/C14H21BrN2O2/c1-4-14(5-2,9-16)13(18)17-12-8-10(19-3)6-7-11(12)15/h6-8H,4-5,9,16H2,1-3H3,(H,17,18). The highest BCUT2D eigenvalue weighted by atomic mass is 79.9. The van der Waals surface area contributed by atoms with Crippen molar-refractivity contribution in [3.8, 4) is 5.75 Å². The third-order valence-corrected chi connectivity index (χ3v) is 4.34. The lowest BCUT2D eigenvalue weighted by molar-refractivity contribution is -0.125. The number of carbonyl (C=O) groups is 1. The van der Waals surface area contributed by atoms with Gasteiger partial charge < -0.3 is 15.8 Å². The second-order valence-corrected chi connectivity index (χ2v) is 5.35. The first kappa shape index (κ1) is 16.0. The van der Waals surface area contributed by atoms with Gasteiger partial charge in [0.25, 0.3) is 0 Å². The average Bonchev–Trinajstić information content (AvgIpc) is 2.44. The summed E-state index contributed by atoms with van der Waals surface area (Å²) in [4.78, 5) is 12.4. The second kappa shape index (κ2) is 6.91. The van der Waals surface area contributed by atoms with Crippen LogP contribution in [0.4, 0.5) is 5.69 Å². The maximum absolute atomic E-state index is 12.4. The Kier molecular flexibility index (Phi) is 5.82. The lowest BCUT2D eigenvalue weighted by Gasteiger charge is -2.28. The van der Waals surface area contributed by atoms with E-state index in [9.17, 15) is 4.79 Å². The molecule has 0 unspecified atom stereocenters. The summed E-state index contributed by atoms with van der Waals surface area (Å²) in [6.45, 7) is 4.31. The van der Waals surface area contributed by atoms with Crippen LogP contribution in [0.2, 0.25) is 0 Å². The quantitative estimate of drug-likeness (QED) is 0.843. The lowest BCUT2D eigenvalue weighted by atomic mass is 9.81. The van der Waals surface area contributed by atoms with Crippen LogP contribution < -0.4 is 15.8 Å². The van der Waals surface area contributed by atoms with E-state index in [-0.39, 0.29) is 5.91 Å². The van der Waals surface area contributed by atoms with Gasteiger partial charge in [-0.2, -0.15) is 0 Å². The summed E-state index contributed by atoms with van der Waals surface area (Å²) in [7, 11) is 1.59. The molecule has 0 aromatic heterocycles. The number of anilines is 1. The Balaban J connectivity index is 2.98. The number of ether oxygens (including phenoxy) is 1. The third kappa shape index (κ3) is 3.48. The lowest BCUT2D eigenvalue weighted by Crippen LogP contribution is -2.41. The van der Waals surface area contributed by atoms with Gasteiger partial charge in [0.15, 0.2) is 0 Å². The van der Waals surface area contributed by atoms with Crippen LogP contribution in [0.25, 0.3) is 0 Å². The first-order valence-electron chi connectivity index (χ1n) is 6.38. The van der Waals surface area contributed by atoms with E-state index in [0.29, 0.717) is 30.8 Å². The van der Waals surface area contributed by atoms with E-state index in [1.54, 1.807) is 13.2 Å². The van der Waals surface area contributed by atoms with Crippen molar-refractivity contribution >= 4 is 27.5 Å². The molecule has 0 fully saturated rings. The van der Waals surface area contributed by atoms with Gasteiger partial charge in [-0.05, 0) is 40.9 Å². The maximum atomic E-state index is 12.4. The molecule has 1 aromatic carbocycles. The SMILES string of the molecule is CCC(CC)(CN)C(=O)Nc1cc(OC)ccc1Br. The van der Waals surface area contributed by atoms with Crippen LogP contribution in [0.15, 0.2) is 22.7 Å². The number of benzene rings is 1. The molecule has 0 aliphatic rings. The topological polar surface area (TPSA) is 64.4 Å². The Morgan fingerprint density at radius 3 is 2.53 bits per heavy atom. The van der Waals surface area contributed by atoms with Gasteiger partial charge in [-0.1, -0.05) is 13.8 Å². The van der Waals surface area contributed by atoms with Crippen molar-refractivity contribution in [1.82, 2.24) is 0 Å². The molecule has 0 saturated carbocycles. The molecule has 1 rings (SSSR count). The molecule has 0 aliphatic carbocycles. The van der Waals surface area contributed by atoms with Crippen LogP contribution in [-0.4, -0.2) is 19.6 Å². The summed E-state index contributed by atoms with van der Waals surface area (Å²) in [5.41, 5.74) is 5.97. The van der Waals surface area contributed by atoms with Crippen LogP contribution >= 0.6 is 15.9 Å². The van der Waals surface area contributed by atoms with Crippen molar-refractivity contribution < 1.29 is 9.53 Å². The largest absolute Gasteiger partial charge is 0.497 e. The Bertz CT molecular complexity index is 437. The van der Waals surface area contributed by atoms with E-state index in [1.807, 2.05) is 26.0 Å². The van der Waals surface area contributed by atoms with Crippen LogP contribution in [0.5, 0.6) is 5.75 Å². The second-order valence-electron chi connectivity index (χ2n) is 4.49. The Morgan fingerprint density at radius 1 is 1.42 bits per heavy atom.